The van der Waals surface area contributed by atoms with Crippen LogP contribution < -0.4 is 11.5 Å². The highest BCUT2D eigenvalue weighted by molar-refractivity contribution is 5.15. The van der Waals surface area contributed by atoms with E-state index in [-0.39, 0.29) is 11.4 Å². The molecule has 0 rings (SSSR count). The Kier molecular flexibility index (Phi) is 1.19. The zero-order valence-corrected chi connectivity index (χ0v) is 3.44. The van der Waals surface area contributed by atoms with Gasteiger partial charge in [0.05, 0.1) is 6.58 Å². The quantitative estimate of drug-likeness (QED) is 0.339. The Morgan fingerprint density at radius 1 is 1.50 bits per heavy atom. The third-order valence-corrected chi connectivity index (χ3v) is 0.371. The van der Waals surface area contributed by atoms with Crippen molar-refractivity contribution >= 4 is 0 Å². The van der Waals surface area contributed by atoms with Crippen molar-refractivity contribution in [3.05, 3.63) is 24.6 Å². The maximum atomic E-state index is 4.95. The van der Waals surface area contributed by atoms with Crippen LogP contribution in [0.3, 0.4) is 0 Å². The molecular formula is C4H7N2+. The second kappa shape index (κ2) is 1.43. The third kappa shape index (κ3) is 1.32. The lowest BCUT2D eigenvalue weighted by Gasteiger charge is -1.75. The highest BCUT2D eigenvalue weighted by Gasteiger charge is 1.94. The van der Waals surface area contributed by atoms with E-state index in [0.29, 0.717) is 0 Å². The lowest BCUT2D eigenvalue weighted by atomic mass is 10.4. The molecular weight excluding hydrogens is 76.1 g/mol. The Balaban J connectivity index is 3.57. The number of hydrogen-bond donors (Lipinski definition) is 2. The largest absolute Gasteiger partial charge is 0.356 e. The van der Waals surface area contributed by atoms with Crippen LogP contribution >= 0.6 is 0 Å². The van der Waals surface area contributed by atoms with E-state index in [1.807, 2.05) is 0 Å². The van der Waals surface area contributed by atoms with Crippen LogP contribution in [0.2, 0.25) is 0 Å². The van der Waals surface area contributed by atoms with Gasteiger partial charge in [-0.1, -0.05) is 0 Å². The summed E-state index contributed by atoms with van der Waals surface area (Å²) in [6.45, 7) is 8.15. The molecule has 0 unspecified atom stereocenters. The van der Waals surface area contributed by atoms with Crippen LogP contribution in [0.15, 0.2) is 18.0 Å². The second-order valence-electron chi connectivity index (χ2n) is 0.981. The standard InChI is InChI=1S/C4H7N2/c1-3(5)4(2)6/h1H,2,5-6H2/q+1. The Hall–Kier alpha value is -1.01. The molecule has 2 heteroatoms. The van der Waals surface area contributed by atoms with E-state index in [1.165, 1.54) is 0 Å². The summed E-state index contributed by atoms with van der Waals surface area (Å²) in [5.74, 6) is 0. The summed E-state index contributed by atoms with van der Waals surface area (Å²) in [7, 11) is 0. The number of nitrogens with two attached hydrogens (primary N) is 2. The van der Waals surface area contributed by atoms with E-state index in [9.17, 15) is 0 Å². The molecule has 0 aliphatic carbocycles. The van der Waals surface area contributed by atoms with Crippen molar-refractivity contribution in [2.75, 3.05) is 0 Å². The third-order valence-electron chi connectivity index (χ3n) is 0.371. The smallest absolute Gasteiger partial charge is 0.275 e. The Morgan fingerprint density at radius 3 is 1.67 bits per heavy atom. The Morgan fingerprint density at radius 2 is 1.67 bits per heavy atom. The predicted molar refractivity (Wildman–Crippen MR) is 25.3 cm³/mol. The van der Waals surface area contributed by atoms with E-state index in [0.717, 1.165) is 0 Å². The molecule has 0 heterocycles. The molecule has 0 aliphatic rings. The van der Waals surface area contributed by atoms with Gasteiger partial charge in [0.15, 0.2) is 5.70 Å². The van der Waals surface area contributed by atoms with Gasteiger partial charge < -0.3 is 11.5 Å². The van der Waals surface area contributed by atoms with Gasteiger partial charge in [-0.2, -0.15) is 0 Å². The lowest BCUT2D eigenvalue weighted by molar-refractivity contribution is 1.27. The fourth-order valence-electron chi connectivity index (χ4n) is 0. The highest BCUT2D eigenvalue weighted by atomic mass is 14.7. The fraction of sp³-hybridized carbons (Fsp3) is 0. The summed E-state index contributed by atoms with van der Waals surface area (Å²) in [5.41, 5.74) is 10.2. The first-order chi connectivity index (χ1) is 2.64. The van der Waals surface area contributed by atoms with Crippen LogP contribution in [0.5, 0.6) is 0 Å². The van der Waals surface area contributed by atoms with Gasteiger partial charge in [-0.3, -0.25) is 0 Å². The molecule has 0 aromatic heterocycles. The monoisotopic (exact) mass is 83.1 g/mol. The molecule has 0 amide bonds. The van der Waals surface area contributed by atoms with Crippen LogP contribution in [-0.4, -0.2) is 0 Å². The molecule has 0 saturated heterocycles. The van der Waals surface area contributed by atoms with Gasteiger partial charge in [-0.15, -0.1) is 0 Å². The van der Waals surface area contributed by atoms with E-state index >= 15 is 0 Å². The highest BCUT2D eigenvalue weighted by Crippen LogP contribution is 1.81. The minimum absolute atomic E-state index is 0.0926. The van der Waals surface area contributed by atoms with Crippen molar-refractivity contribution in [2.24, 2.45) is 11.5 Å². The van der Waals surface area contributed by atoms with Crippen molar-refractivity contribution in [3.8, 4) is 0 Å². The minimum atomic E-state index is 0.0926. The van der Waals surface area contributed by atoms with Gasteiger partial charge in [0.2, 0.25) is 0 Å². The van der Waals surface area contributed by atoms with Crippen LogP contribution in [0.4, 0.5) is 0 Å². The van der Waals surface area contributed by atoms with E-state index < -0.39 is 0 Å². The molecule has 0 spiro atoms. The SMILES string of the molecule is [CH+]=C(N)C(=C)N. The summed E-state index contributed by atoms with van der Waals surface area (Å²) in [6, 6.07) is 0. The first-order valence-corrected chi connectivity index (χ1v) is 1.47. The molecule has 0 saturated carbocycles. The molecule has 2 nitrogen and oxygen atoms in total. The summed E-state index contributed by atoms with van der Waals surface area (Å²) in [4.78, 5) is 0. The lowest BCUT2D eigenvalue weighted by Crippen LogP contribution is -2.05. The van der Waals surface area contributed by atoms with Crippen LogP contribution in [0.1, 0.15) is 0 Å². The molecule has 32 valence electrons. The van der Waals surface area contributed by atoms with Crippen LogP contribution in [0.25, 0.3) is 0 Å². The zero-order valence-electron chi connectivity index (χ0n) is 3.44. The van der Waals surface area contributed by atoms with Gasteiger partial charge in [0, 0.05) is 6.58 Å². The minimum Gasteiger partial charge on any atom is -0.356 e. The van der Waals surface area contributed by atoms with Crippen molar-refractivity contribution in [3.63, 3.8) is 0 Å². The van der Waals surface area contributed by atoms with Crippen LogP contribution in [0, 0.1) is 6.58 Å². The summed E-state index contributed by atoms with van der Waals surface area (Å²) < 4.78 is 0. The zero-order chi connectivity index (χ0) is 5.15. The Labute approximate surface area is 37.1 Å². The van der Waals surface area contributed by atoms with Gasteiger partial charge in [-0.25, -0.2) is 0 Å². The first kappa shape index (κ1) is 4.99. The van der Waals surface area contributed by atoms with Gasteiger partial charge in [-0.05, 0) is 0 Å². The maximum absolute atomic E-state index is 4.95. The summed E-state index contributed by atoms with van der Waals surface area (Å²) in [5, 5.41) is 0. The summed E-state index contributed by atoms with van der Waals surface area (Å²) >= 11 is 0. The maximum Gasteiger partial charge on any atom is 0.275 e. The molecule has 0 aromatic rings. The first-order valence-electron chi connectivity index (χ1n) is 1.47. The molecule has 0 radical (unpaired) electrons. The predicted octanol–water partition coefficient (Wildman–Crippen LogP) is -0.266. The molecule has 0 aliphatic heterocycles. The fourth-order valence-corrected chi connectivity index (χ4v) is 0. The Bertz CT molecular complexity index is 71.5. The van der Waals surface area contributed by atoms with E-state index in [2.05, 4.69) is 6.58 Å². The average molecular weight is 83.1 g/mol. The molecule has 0 bridgehead atoms. The molecule has 4 N–H and O–H groups in total. The topological polar surface area (TPSA) is 52.0 Å². The number of rotatable bonds is 1. The van der Waals surface area contributed by atoms with Crippen molar-refractivity contribution in [1.29, 1.82) is 0 Å². The number of hydrogen-bond acceptors (Lipinski definition) is 2. The normalized spacial score (nSPS) is 7.17. The van der Waals surface area contributed by atoms with Gasteiger partial charge in [0.25, 0.3) is 5.70 Å². The molecule has 6 heavy (non-hydrogen) atoms. The van der Waals surface area contributed by atoms with Crippen molar-refractivity contribution in [2.45, 2.75) is 0 Å². The average Bonchev–Trinajstić information content (AvgIpc) is 1.36. The van der Waals surface area contributed by atoms with Gasteiger partial charge >= 0.3 is 0 Å². The van der Waals surface area contributed by atoms with Crippen LogP contribution in [-0.2, 0) is 0 Å². The second-order valence-corrected chi connectivity index (χ2v) is 0.981. The molecule has 0 atom stereocenters. The van der Waals surface area contributed by atoms with Gasteiger partial charge in [0.1, 0.15) is 0 Å². The van der Waals surface area contributed by atoms with E-state index in [4.69, 9.17) is 18.0 Å². The molecule has 0 aromatic carbocycles. The molecule has 0 fully saturated rings. The van der Waals surface area contributed by atoms with Crippen molar-refractivity contribution < 1.29 is 0 Å². The van der Waals surface area contributed by atoms with E-state index in [1.54, 1.807) is 0 Å². The van der Waals surface area contributed by atoms with Crippen molar-refractivity contribution in [1.82, 2.24) is 0 Å². The summed E-state index contributed by atoms with van der Waals surface area (Å²) in [6.07, 6.45) is 0.